The van der Waals surface area contributed by atoms with E-state index in [1.165, 1.54) is 19.3 Å². The average molecular weight is 240 g/mol. The van der Waals surface area contributed by atoms with Crippen molar-refractivity contribution in [2.45, 2.75) is 78.2 Å². The Bertz CT molecular complexity index is 241. The molecular formula is C15H28O2. The molecule has 0 radical (unpaired) electrons. The molecule has 0 spiro atoms. The van der Waals surface area contributed by atoms with Crippen LogP contribution in [-0.4, -0.2) is 11.6 Å². The maximum absolute atomic E-state index is 12.0. The number of hydrogen-bond donors (Lipinski definition) is 0. The van der Waals surface area contributed by atoms with E-state index in [2.05, 4.69) is 13.8 Å². The van der Waals surface area contributed by atoms with Gasteiger partial charge in [0.15, 0.2) is 0 Å². The molecule has 0 heterocycles. The molecule has 1 saturated carbocycles. The molecule has 0 aromatic carbocycles. The summed E-state index contributed by atoms with van der Waals surface area (Å²) in [5, 5.41) is 0. The molecule has 0 N–H and O–H groups in total. The van der Waals surface area contributed by atoms with Gasteiger partial charge in [-0.25, -0.2) is 0 Å². The zero-order valence-corrected chi connectivity index (χ0v) is 11.9. The summed E-state index contributed by atoms with van der Waals surface area (Å²) < 4.78 is 5.89. The second kappa shape index (κ2) is 6.42. The molecule has 0 aliphatic heterocycles. The third kappa shape index (κ3) is 4.01. The molecule has 0 aromatic heterocycles. The molecule has 1 fully saturated rings. The van der Waals surface area contributed by atoms with Gasteiger partial charge >= 0.3 is 5.97 Å². The number of hydrogen-bond acceptors (Lipinski definition) is 2. The van der Waals surface area contributed by atoms with Gasteiger partial charge in [0.1, 0.15) is 5.60 Å². The van der Waals surface area contributed by atoms with E-state index in [0.717, 1.165) is 25.7 Å². The Morgan fingerprint density at radius 3 is 2.24 bits per heavy atom. The summed E-state index contributed by atoms with van der Waals surface area (Å²) in [6.07, 6.45) is 7.65. The number of rotatable bonds is 6. The fourth-order valence-corrected chi connectivity index (χ4v) is 2.63. The van der Waals surface area contributed by atoms with Crippen LogP contribution in [0.5, 0.6) is 0 Å². The quantitative estimate of drug-likeness (QED) is 0.646. The van der Waals surface area contributed by atoms with Gasteiger partial charge in [-0.15, -0.1) is 0 Å². The SMILES string of the molecule is CCC(C)CC1(OC(=O)C(C)CC)CCCC1. The van der Waals surface area contributed by atoms with Crippen LogP contribution in [0.4, 0.5) is 0 Å². The Morgan fingerprint density at radius 1 is 1.18 bits per heavy atom. The lowest BCUT2D eigenvalue weighted by molar-refractivity contribution is -0.165. The van der Waals surface area contributed by atoms with Crippen molar-refractivity contribution in [3.63, 3.8) is 0 Å². The lowest BCUT2D eigenvalue weighted by Gasteiger charge is -2.32. The van der Waals surface area contributed by atoms with Gasteiger partial charge in [0.2, 0.25) is 0 Å². The molecule has 0 saturated heterocycles. The van der Waals surface area contributed by atoms with Crippen LogP contribution in [0.1, 0.15) is 72.6 Å². The third-order valence-electron chi connectivity index (χ3n) is 4.26. The summed E-state index contributed by atoms with van der Waals surface area (Å²) in [5.41, 5.74) is -0.129. The summed E-state index contributed by atoms with van der Waals surface area (Å²) in [6, 6.07) is 0. The van der Waals surface area contributed by atoms with Gasteiger partial charge < -0.3 is 4.74 Å². The van der Waals surface area contributed by atoms with Gasteiger partial charge in [-0.1, -0.05) is 34.1 Å². The van der Waals surface area contributed by atoms with E-state index >= 15 is 0 Å². The second-order valence-electron chi connectivity index (χ2n) is 5.84. The summed E-state index contributed by atoms with van der Waals surface area (Å²) in [4.78, 5) is 12.0. The highest BCUT2D eigenvalue weighted by molar-refractivity contribution is 5.72. The first kappa shape index (κ1) is 14.5. The normalized spacial score (nSPS) is 22.1. The Hall–Kier alpha value is -0.530. The highest BCUT2D eigenvalue weighted by atomic mass is 16.6. The first-order chi connectivity index (χ1) is 8.03. The van der Waals surface area contributed by atoms with E-state index in [9.17, 15) is 4.79 Å². The zero-order valence-electron chi connectivity index (χ0n) is 11.9. The van der Waals surface area contributed by atoms with Crippen molar-refractivity contribution in [1.29, 1.82) is 0 Å². The highest BCUT2D eigenvalue weighted by Crippen LogP contribution is 2.39. The van der Waals surface area contributed by atoms with Crippen LogP contribution in [0.2, 0.25) is 0 Å². The molecule has 0 bridgehead atoms. The Balaban J connectivity index is 2.62. The topological polar surface area (TPSA) is 26.3 Å². The summed E-state index contributed by atoms with van der Waals surface area (Å²) in [5.74, 6) is 0.708. The molecular weight excluding hydrogens is 212 g/mol. The van der Waals surface area contributed by atoms with Crippen LogP contribution in [-0.2, 0) is 9.53 Å². The Morgan fingerprint density at radius 2 is 1.76 bits per heavy atom. The third-order valence-corrected chi connectivity index (χ3v) is 4.26. The van der Waals surface area contributed by atoms with Crippen molar-refractivity contribution >= 4 is 5.97 Å². The number of ether oxygens (including phenoxy) is 1. The Kier molecular flexibility index (Phi) is 5.48. The van der Waals surface area contributed by atoms with Gasteiger partial charge in [-0.3, -0.25) is 4.79 Å². The fourth-order valence-electron chi connectivity index (χ4n) is 2.63. The van der Waals surface area contributed by atoms with Crippen molar-refractivity contribution in [3.8, 4) is 0 Å². The Labute approximate surface area is 106 Å². The van der Waals surface area contributed by atoms with Gasteiger partial charge in [0, 0.05) is 0 Å². The minimum absolute atomic E-state index is 0.0118. The number of carbonyl (C=O) groups excluding carboxylic acids is 1. The summed E-state index contributed by atoms with van der Waals surface area (Å²) in [6.45, 7) is 8.48. The molecule has 2 heteroatoms. The minimum atomic E-state index is -0.129. The van der Waals surface area contributed by atoms with E-state index in [1.807, 2.05) is 13.8 Å². The van der Waals surface area contributed by atoms with Crippen LogP contribution >= 0.6 is 0 Å². The number of esters is 1. The molecule has 17 heavy (non-hydrogen) atoms. The van der Waals surface area contributed by atoms with E-state index in [1.54, 1.807) is 0 Å². The van der Waals surface area contributed by atoms with Crippen molar-refractivity contribution in [2.24, 2.45) is 11.8 Å². The maximum atomic E-state index is 12.0. The summed E-state index contributed by atoms with van der Waals surface area (Å²) in [7, 11) is 0. The standard InChI is InChI=1S/C15H28O2/c1-5-12(3)11-15(9-7-8-10-15)17-14(16)13(4)6-2/h12-13H,5-11H2,1-4H3. The molecule has 1 aliphatic carbocycles. The van der Waals surface area contributed by atoms with Crippen LogP contribution in [0.15, 0.2) is 0 Å². The van der Waals surface area contributed by atoms with Gasteiger partial charge in [0.05, 0.1) is 5.92 Å². The van der Waals surface area contributed by atoms with Crippen molar-refractivity contribution in [3.05, 3.63) is 0 Å². The molecule has 1 rings (SSSR count). The van der Waals surface area contributed by atoms with E-state index in [4.69, 9.17) is 4.74 Å². The van der Waals surface area contributed by atoms with Crippen molar-refractivity contribution < 1.29 is 9.53 Å². The monoisotopic (exact) mass is 240 g/mol. The van der Waals surface area contributed by atoms with Gasteiger partial charge in [0.25, 0.3) is 0 Å². The van der Waals surface area contributed by atoms with E-state index in [-0.39, 0.29) is 17.5 Å². The van der Waals surface area contributed by atoms with Crippen LogP contribution in [0.25, 0.3) is 0 Å². The highest BCUT2D eigenvalue weighted by Gasteiger charge is 2.39. The fraction of sp³-hybridized carbons (Fsp3) is 0.933. The van der Waals surface area contributed by atoms with Crippen LogP contribution in [0.3, 0.4) is 0 Å². The van der Waals surface area contributed by atoms with Gasteiger partial charge in [-0.05, 0) is 44.4 Å². The van der Waals surface area contributed by atoms with Crippen molar-refractivity contribution in [2.75, 3.05) is 0 Å². The molecule has 100 valence electrons. The second-order valence-corrected chi connectivity index (χ2v) is 5.84. The smallest absolute Gasteiger partial charge is 0.309 e. The lowest BCUT2D eigenvalue weighted by Crippen LogP contribution is -2.35. The molecule has 2 nitrogen and oxygen atoms in total. The molecule has 0 amide bonds. The van der Waals surface area contributed by atoms with E-state index < -0.39 is 0 Å². The van der Waals surface area contributed by atoms with Crippen LogP contribution < -0.4 is 0 Å². The number of carbonyl (C=O) groups is 1. The summed E-state index contributed by atoms with van der Waals surface area (Å²) >= 11 is 0. The molecule has 2 atom stereocenters. The van der Waals surface area contributed by atoms with E-state index in [0.29, 0.717) is 5.92 Å². The maximum Gasteiger partial charge on any atom is 0.309 e. The predicted molar refractivity (Wildman–Crippen MR) is 70.8 cm³/mol. The lowest BCUT2D eigenvalue weighted by atomic mass is 9.88. The molecule has 0 aromatic rings. The predicted octanol–water partition coefficient (Wildman–Crippen LogP) is 4.32. The van der Waals surface area contributed by atoms with Crippen molar-refractivity contribution in [1.82, 2.24) is 0 Å². The average Bonchev–Trinajstić information content (AvgIpc) is 2.76. The molecule has 2 unspecified atom stereocenters. The van der Waals surface area contributed by atoms with Crippen LogP contribution in [0, 0.1) is 11.8 Å². The first-order valence-electron chi connectivity index (χ1n) is 7.26. The first-order valence-corrected chi connectivity index (χ1v) is 7.26. The largest absolute Gasteiger partial charge is 0.459 e. The zero-order chi connectivity index (χ0) is 12.9. The molecule has 1 aliphatic rings. The minimum Gasteiger partial charge on any atom is -0.459 e. The van der Waals surface area contributed by atoms with Gasteiger partial charge in [-0.2, -0.15) is 0 Å².